The van der Waals surface area contributed by atoms with Gasteiger partial charge in [0.05, 0.1) is 39.6 Å². The van der Waals surface area contributed by atoms with Crippen molar-refractivity contribution in [3.8, 4) is 11.3 Å². The van der Waals surface area contributed by atoms with Gasteiger partial charge < -0.3 is 24.3 Å². The highest BCUT2D eigenvalue weighted by atomic mass is 19.4. The van der Waals surface area contributed by atoms with Crippen LogP contribution in [0.2, 0.25) is 0 Å². The number of hydrogen-bond acceptors (Lipinski definition) is 6. The van der Waals surface area contributed by atoms with Gasteiger partial charge in [-0.3, -0.25) is 14.6 Å². The van der Waals surface area contributed by atoms with Gasteiger partial charge in [-0.25, -0.2) is 13.8 Å². The van der Waals surface area contributed by atoms with Gasteiger partial charge in [0.25, 0.3) is 0 Å². The first kappa shape index (κ1) is 33.9. The molecule has 0 atom stereocenters. The number of nitrogens with one attached hydrogen (secondary N) is 2. The molecule has 3 aromatic heterocycles. The van der Waals surface area contributed by atoms with E-state index in [1.807, 2.05) is 0 Å². The molecule has 0 spiro atoms. The van der Waals surface area contributed by atoms with Crippen LogP contribution in [0.25, 0.3) is 27.8 Å². The Bertz CT molecular complexity index is 2070. The lowest BCUT2D eigenvalue weighted by Gasteiger charge is -2.27. The number of amides is 1. The zero-order valence-electron chi connectivity index (χ0n) is 26.9. The maximum Gasteiger partial charge on any atom is 0.417 e. The molecule has 1 aliphatic rings. The Hall–Kier alpha value is -4.95. The molecule has 2 aromatic carbocycles. The summed E-state index contributed by atoms with van der Waals surface area (Å²) in [4.78, 5) is 34.5. The maximum atomic E-state index is 15.1. The average Bonchev–Trinajstić information content (AvgIpc) is 3.63. The number of ketones is 1. The summed E-state index contributed by atoms with van der Waals surface area (Å²) in [6.07, 6.45) is 4.64. The van der Waals surface area contributed by atoms with E-state index in [2.05, 4.69) is 20.6 Å². The predicted molar refractivity (Wildman–Crippen MR) is 173 cm³/mol. The number of fused-ring (bicyclic) bond motifs is 2. The first-order valence-electron chi connectivity index (χ1n) is 15.6. The highest BCUT2D eigenvalue weighted by Crippen LogP contribution is 2.40. The summed E-state index contributed by atoms with van der Waals surface area (Å²) in [5.41, 5.74) is -1.59. The Morgan fingerprint density at radius 1 is 1.04 bits per heavy atom. The van der Waals surface area contributed by atoms with Crippen LogP contribution in [0.5, 0.6) is 0 Å². The molecule has 9 nitrogen and oxygen atoms in total. The molecule has 6 rings (SSSR count). The summed E-state index contributed by atoms with van der Waals surface area (Å²) < 4.78 is 81.3. The standard InChI is InChI=1S/C35H33F5N6O3/c1-19-43-27-17-23(24(35(38,39)40)18-30(27)45(19)2)32-28-10-11-29(46(28)14-13-42-32)34(48)20-15-25(36)33(26(37)16-20)44-31(47)5-4-12-41-21-6-8-22(49-3)9-7-21/h4-5,10-11,13-18,21-22,41H,6-9,12H2,1-3H3,(H,44,47)/b5-4+. The lowest BCUT2D eigenvalue weighted by molar-refractivity contribution is -0.137. The minimum Gasteiger partial charge on any atom is -0.381 e. The Kier molecular flexibility index (Phi) is 9.36. The van der Waals surface area contributed by atoms with Crippen LogP contribution in [-0.4, -0.2) is 56.4 Å². The maximum absolute atomic E-state index is 15.1. The van der Waals surface area contributed by atoms with Gasteiger partial charge in [0, 0.05) is 56.3 Å². The summed E-state index contributed by atoms with van der Waals surface area (Å²) >= 11 is 0. The Morgan fingerprint density at radius 2 is 1.76 bits per heavy atom. The molecule has 0 saturated heterocycles. The number of carbonyl (C=O) groups is 2. The number of rotatable bonds is 9. The first-order chi connectivity index (χ1) is 23.3. The normalized spacial score (nSPS) is 17.0. The van der Waals surface area contributed by atoms with E-state index in [9.17, 15) is 22.8 Å². The average molecular weight is 681 g/mol. The zero-order valence-corrected chi connectivity index (χ0v) is 26.9. The van der Waals surface area contributed by atoms with E-state index in [4.69, 9.17) is 4.74 Å². The van der Waals surface area contributed by atoms with Gasteiger partial charge >= 0.3 is 6.18 Å². The van der Waals surface area contributed by atoms with Crippen LogP contribution in [-0.2, 0) is 22.8 Å². The van der Waals surface area contributed by atoms with Crippen molar-refractivity contribution in [2.75, 3.05) is 19.0 Å². The molecule has 0 bridgehead atoms. The quantitative estimate of drug-likeness (QED) is 0.101. The van der Waals surface area contributed by atoms with E-state index in [1.54, 1.807) is 31.7 Å². The molecule has 1 fully saturated rings. The highest BCUT2D eigenvalue weighted by molar-refractivity contribution is 6.09. The summed E-state index contributed by atoms with van der Waals surface area (Å²) in [5.74, 6) is -3.38. The van der Waals surface area contributed by atoms with Gasteiger partial charge in [0.2, 0.25) is 11.7 Å². The van der Waals surface area contributed by atoms with Crippen LogP contribution in [0.1, 0.15) is 53.1 Å². The Balaban J connectivity index is 1.22. The third kappa shape index (κ3) is 6.83. The second-order valence-electron chi connectivity index (χ2n) is 12.0. The molecule has 0 aliphatic heterocycles. The molecule has 1 amide bonds. The van der Waals surface area contributed by atoms with Crippen LogP contribution in [0.4, 0.5) is 27.6 Å². The van der Waals surface area contributed by atoms with Crippen molar-refractivity contribution >= 4 is 33.9 Å². The predicted octanol–water partition coefficient (Wildman–Crippen LogP) is 6.77. The second-order valence-corrected chi connectivity index (χ2v) is 12.0. The number of benzene rings is 2. The number of halogens is 5. The van der Waals surface area contributed by atoms with Crippen molar-refractivity contribution in [2.24, 2.45) is 7.05 Å². The Labute approximate surface area is 277 Å². The van der Waals surface area contributed by atoms with Crippen molar-refractivity contribution in [1.29, 1.82) is 0 Å². The first-order valence-corrected chi connectivity index (χ1v) is 15.6. The van der Waals surface area contributed by atoms with E-state index in [0.29, 0.717) is 23.4 Å². The molecule has 256 valence electrons. The molecular weight excluding hydrogens is 647 g/mol. The van der Waals surface area contributed by atoms with E-state index >= 15 is 8.78 Å². The van der Waals surface area contributed by atoms with Gasteiger partial charge in [0.15, 0.2) is 0 Å². The molecule has 3 heterocycles. The van der Waals surface area contributed by atoms with Crippen LogP contribution >= 0.6 is 0 Å². The molecule has 0 radical (unpaired) electrons. The molecular formula is C35H33F5N6O3. The van der Waals surface area contributed by atoms with E-state index in [0.717, 1.165) is 43.9 Å². The number of nitrogens with zero attached hydrogens (tertiary/aromatic N) is 4. The highest BCUT2D eigenvalue weighted by Gasteiger charge is 2.36. The second kappa shape index (κ2) is 13.5. The molecule has 1 aliphatic carbocycles. The molecule has 1 saturated carbocycles. The topological polar surface area (TPSA) is 103 Å². The van der Waals surface area contributed by atoms with E-state index in [1.165, 1.54) is 41.1 Å². The molecule has 2 N–H and O–H groups in total. The van der Waals surface area contributed by atoms with Gasteiger partial charge in [-0.2, -0.15) is 13.2 Å². The van der Waals surface area contributed by atoms with E-state index in [-0.39, 0.29) is 40.2 Å². The lowest BCUT2D eigenvalue weighted by Crippen LogP contribution is -2.35. The van der Waals surface area contributed by atoms with Crippen LogP contribution in [0.3, 0.4) is 0 Å². The van der Waals surface area contributed by atoms with Crippen molar-refractivity contribution in [2.45, 2.75) is 50.9 Å². The van der Waals surface area contributed by atoms with Crippen molar-refractivity contribution < 1.29 is 36.3 Å². The summed E-state index contributed by atoms with van der Waals surface area (Å²) in [6.45, 7) is 2.07. The van der Waals surface area contributed by atoms with Gasteiger partial charge in [-0.15, -0.1) is 0 Å². The fourth-order valence-corrected chi connectivity index (χ4v) is 6.26. The molecule has 14 heteroatoms. The largest absolute Gasteiger partial charge is 0.417 e. The van der Waals surface area contributed by atoms with Crippen molar-refractivity contribution in [3.63, 3.8) is 0 Å². The van der Waals surface area contributed by atoms with Gasteiger partial charge in [-0.05, 0) is 69.0 Å². The van der Waals surface area contributed by atoms with Crippen molar-refractivity contribution in [1.82, 2.24) is 24.3 Å². The number of imidazole rings is 1. The van der Waals surface area contributed by atoms with E-state index < -0.39 is 40.8 Å². The number of ether oxygens (including phenoxy) is 1. The number of methoxy groups -OCH3 is 1. The smallest absolute Gasteiger partial charge is 0.381 e. The third-order valence-corrected chi connectivity index (χ3v) is 8.97. The minimum absolute atomic E-state index is 0.0590. The number of anilines is 1. The molecule has 5 aromatic rings. The van der Waals surface area contributed by atoms with Crippen LogP contribution in [0, 0.1) is 18.6 Å². The summed E-state index contributed by atoms with van der Waals surface area (Å²) in [7, 11) is 3.31. The third-order valence-electron chi connectivity index (χ3n) is 8.97. The van der Waals surface area contributed by atoms with Crippen molar-refractivity contribution in [3.05, 3.63) is 95.2 Å². The number of hydrogen-bond donors (Lipinski definition) is 2. The number of aryl methyl sites for hydroxylation is 2. The van der Waals surface area contributed by atoms with Crippen LogP contribution in [0.15, 0.2) is 60.9 Å². The number of carbonyl (C=O) groups excluding carboxylic acids is 2. The molecule has 0 unspecified atom stereocenters. The summed E-state index contributed by atoms with van der Waals surface area (Å²) in [5, 5.41) is 5.50. The molecule has 49 heavy (non-hydrogen) atoms. The lowest BCUT2D eigenvalue weighted by atomic mass is 9.93. The SMILES string of the molecule is COC1CCC(NC/C=C/C(=O)Nc2c(F)cc(C(=O)c3ccc4c(-c5cc6nc(C)n(C)c6cc5C(F)(F)F)nccn34)cc2F)CC1. The zero-order chi connectivity index (χ0) is 35.0. The number of alkyl halides is 3. The van der Waals surface area contributed by atoms with Crippen LogP contribution < -0.4 is 10.6 Å². The van der Waals surface area contributed by atoms with Gasteiger partial charge in [0.1, 0.15) is 23.1 Å². The fraction of sp³-hybridized carbons (Fsp3) is 0.314. The fourth-order valence-electron chi connectivity index (χ4n) is 6.26. The Morgan fingerprint density at radius 3 is 2.43 bits per heavy atom. The minimum atomic E-state index is -4.73. The number of aromatic nitrogens is 4. The van der Waals surface area contributed by atoms with Gasteiger partial charge in [-0.1, -0.05) is 6.08 Å². The monoisotopic (exact) mass is 680 g/mol. The summed E-state index contributed by atoms with van der Waals surface area (Å²) in [6, 6.07) is 6.95.